The van der Waals surface area contributed by atoms with E-state index in [9.17, 15) is 13.2 Å². The smallest absolute Gasteiger partial charge is 0.270 e. The zero-order valence-electron chi connectivity index (χ0n) is 18.4. The first-order valence-corrected chi connectivity index (χ1v) is 11.7. The normalized spacial score (nSPS) is 11.1. The zero-order valence-corrected chi connectivity index (χ0v) is 19.3. The van der Waals surface area contributed by atoms with E-state index in [1.54, 1.807) is 36.4 Å². The number of carbonyl (C=O) groups is 1. The highest BCUT2D eigenvalue weighted by Gasteiger charge is 2.30. The third kappa shape index (κ3) is 5.68. The summed E-state index contributed by atoms with van der Waals surface area (Å²) in [5.74, 6) is 0.756. The first kappa shape index (κ1) is 23.3. The van der Waals surface area contributed by atoms with E-state index in [0.29, 0.717) is 24.5 Å². The van der Waals surface area contributed by atoms with Crippen LogP contribution in [0.15, 0.2) is 77.7 Å². The molecule has 0 N–H and O–H groups in total. The van der Waals surface area contributed by atoms with Crippen LogP contribution in [0.1, 0.15) is 24.0 Å². The third-order valence-electron chi connectivity index (χ3n) is 4.92. The van der Waals surface area contributed by atoms with Crippen LogP contribution in [0, 0.1) is 13.8 Å². The highest BCUT2D eigenvalue weighted by atomic mass is 32.2. The Labute approximate surface area is 189 Å². The van der Waals surface area contributed by atoms with Crippen LogP contribution in [-0.2, 0) is 14.8 Å². The summed E-state index contributed by atoms with van der Waals surface area (Å²) in [5, 5.41) is 0. The first-order valence-electron chi connectivity index (χ1n) is 10.3. The highest BCUT2D eigenvalue weighted by molar-refractivity contribution is 7.93. The van der Waals surface area contributed by atoms with E-state index in [0.717, 1.165) is 15.4 Å². The van der Waals surface area contributed by atoms with Crippen molar-refractivity contribution >= 4 is 21.6 Å². The number of nitrogens with zero attached hydrogens (tertiary/aromatic N) is 1. The summed E-state index contributed by atoms with van der Waals surface area (Å²) < 4.78 is 38.4. The Morgan fingerprint density at radius 3 is 1.91 bits per heavy atom. The molecule has 3 aromatic carbocycles. The molecule has 0 fully saturated rings. The number of methoxy groups -OCH3 is 1. The van der Waals surface area contributed by atoms with Crippen LogP contribution >= 0.6 is 0 Å². The lowest BCUT2D eigenvalue weighted by Crippen LogP contribution is -2.37. The highest BCUT2D eigenvalue weighted by Crippen LogP contribution is 2.27. The van der Waals surface area contributed by atoms with Gasteiger partial charge in [-0.05, 0) is 68.8 Å². The molecule has 3 rings (SSSR count). The Bertz CT molecular complexity index is 1140. The predicted octanol–water partition coefficient (Wildman–Crippen LogP) is 4.89. The van der Waals surface area contributed by atoms with Gasteiger partial charge in [-0.15, -0.1) is 0 Å². The second-order valence-corrected chi connectivity index (χ2v) is 9.23. The van der Waals surface area contributed by atoms with Gasteiger partial charge in [0.1, 0.15) is 11.5 Å². The van der Waals surface area contributed by atoms with Gasteiger partial charge < -0.3 is 9.47 Å². The number of rotatable bonds is 9. The molecule has 0 heterocycles. The van der Waals surface area contributed by atoms with Crippen molar-refractivity contribution in [3.8, 4) is 11.5 Å². The van der Waals surface area contributed by atoms with E-state index >= 15 is 0 Å². The van der Waals surface area contributed by atoms with Gasteiger partial charge in [-0.1, -0.05) is 35.4 Å². The van der Waals surface area contributed by atoms with E-state index in [4.69, 9.17) is 9.47 Å². The summed E-state index contributed by atoms with van der Waals surface area (Å²) in [5.41, 5.74) is 2.32. The van der Waals surface area contributed by atoms with Crippen molar-refractivity contribution in [2.75, 3.05) is 18.0 Å². The van der Waals surface area contributed by atoms with Crippen LogP contribution in [-0.4, -0.2) is 28.0 Å². The lowest BCUT2D eigenvalue weighted by molar-refractivity contribution is -0.117. The summed E-state index contributed by atoms with van der Waals surface area (Å²) in [6.07, 6.45) is 0.395. The first-order chi connectivity index (χ1) is 15.3. The average Bonchev–Trinajstić information content (AvgIpc) is 2.78. The largest absolute Gasteiger partial charge is 0.497 e. The van der Waals surface area contributed by atoms with Crippen molar-refractivity contribution in [1.29, 1.82) is 0 Å². The molecule has 0 saturated carbocycles. The van der Waals surface area contributed by atoms with Crippen molar-refractivity contribution in [3.63, 3.8) is 0 Å². The SMILES string of the molecule is COc1ccc(N(C(=O)CCCOc2ccc(C)cc2)S(=O)(=O)c2ccc(C)cc2)cc1. The number of hydrogen-bond acceptors (Lipinski definition) is 5. The molecule has 0 unspecified atom stereocenters. The molecule has 32 heavy (non-hydrogen) atoms. The molecule has 0 bridgehead atoms. The van der Waals surface area contributed by atoms with Crippen LogP contribution in [0.25, 0.3) is 0 Å². The number of carbonyl (C=O) groups excluding carboxylic acids is 1. The molecule has 3 aromatic rings. The summed E-state index contributed by atoms with van der Waals surface area (Å²) in [4.78, 5) is 13.2. The molecule has 0 aromatic heterocycles. The summed E-state index contributed by atoms with van der Waals surface area (Å²) in [6, 6.07) is 20.4. The Morgan fingerprint density at radius 1 is 0.812 bits per heavy atom. The Morgan fingerprint density at radius 2 is 1.34 bits per heavy atom. The van der Waals surface area contributed by atoms with E-state index < -0.39 is 15.9 Å². The predicted molar refractivity (Wildman–Crippen MR) is 125 cm³/mol. The quantitative estimate of drug-likeness (QED) is 0.431. The second-order valence-electron chi connectivity index (χ2n) is 7.44. The molecule has 0 aliphatic heterocycles. The number of ether oxygens (including phenoxy) is 2. The van der Waals surface area contributed by atoms with Gasteiger partial charge in [0.05, 0.1) is 24.3 Å². The van der Waals surface area contributed by atoms with Crippen LogP contribution in [0.5, 0.6) is 11.5 Å². The van der Waals surface area contributed by atoms with Gasteiger partial charge in [0.2, 0.25) is 5.91 Å². The topological polar surface area (TPSA) is 72.9 Å². The molecule has 0 radical (unpaired) electrons. The fourth-order valence-corrected chi connectivity index (χ4v) is 4.55. The number of benzene rings is 3. The number of anilines is 1. The zero-order chi connectivity index (χ0) is 23.1. The average molecular weight is 454 g/mol. The summed E-state index contributed by atoms with van der Waals surface area (Å²) >= 11 is 0. The van der Waals surface area contributed by atoms with Crippen molar-refractivity contribution in [1.82, 2.24) is 0 Å². The standard InChI is InChI=1S/C25H27NO5S/c1-19-6-12-23(13-7-19)31-18-4-5-25(27)26(21-10-14-22(30-3)15-11-21)32(28,29)24-16-8-20(2)9-17-24/h6-17H,4-5,18H2,1-3H3. The van der Waals surface area contributed by atoms with Crippen molar-refractivity contribution in [3.05, 3.63) is 83.9 Å². The lowest BCUT2D eigenvalue weighted by atomic mass is 10.2. The fraction of sp³-hybridized carbons (Fsp3) is 0.240. The molecule has 7 heteroatoms. The van der Waals surface area contributed by atoms with E-state index in [-0.39, 0.29) is 17.0 Å². The molecule has 6 nitrogen and oxygen atoms in total. The van der Waals surface area contributed by atoms with Gasteiger partial charge in [-0.3, -0.25) is 4.79 Å². The second kappa shape index (κ2) is 10.3. The van der Waals surface area contributed by atoms with Crippen LogP contribution in [0.3, 0.4) is 0 Å². The van der Waals surface area contributed by atoms with Gasteiger partial charge in [0.15, 0.2) is 0 Å². The molecule has 168 valence electrons. The molecular weight excluding hydrogens is 426 g/mol. The molecule has 0 aliphatic carbocycles. The van der Waals surface area contributed by atoms with E-state index in [1.807, 2.05) is 38.1 Å². The maximum Gasteiger partial charge on any atom is 0.270 e. The third-order valence-corrected chi connectivity index (χ3v) is 6.68. The Hall–Kier alpha value is -3.32. The van der Waals surface area contributed by atoms with Gasteiger partial charge in [0, 0.05) is 6.42 Å². The summed E-state index contributed by atoms with van der Waals surface area (Å²) in [7, 11) is -2.56. The van der Waals surface area contributed by atoms with Gasteiger partial charge >= 0.3 is 0 Å². The molecule has 0 spiro atoms. The summed E-state index contributed by atoms with van der Waals surface area (Å²) in [6.45, 7) is 4.16. The monoisotopic (exact) mass is 453 g/mol. The van der Waals surface area contributed by atoms with Crippen LogP contribution < -0.4 is 13.8 Å². The number of aryl methyl sites for hydroxylation is 2. The van der Waals surface area contributed by atoms with Crippen molar-refractivity contribution in [2.45, 2.75) is 31.6 Å². The lowest BCUT2D eigenvalue weighted by Gasteiger charge is -2.23. The number of hydrogen-bond donors (Lipinski definition) is 0. The number of amides is 1. The molecule has 0 aliphatic rings. The van der Waals surface area contributed by atoms with Crippen molar-refractivity contribution < 1.29 is 22.7 Å². The Kier molecular flexibility index (Phi) is 7.53. The van der Waals surface area contributed by atoms with E-state index in [1.165, 1.54) is 19.2 Å². The number of sulfonamides is 1. The van der Waals surface area contributed by atoms with Crippen molar-refractivity contribution in [2.24, 2.45) is 0 Å². The maximum atomic E-state index is 13.4. The van der Waals surface area contributed by atoms with Gasteiger partial charge in [-0.25, -0.2) is 12.7 Å². The molecule has 0 saturated heterocycles. The molecule has 1 amide bonds. The van der Waals surface area contributed by atoms with E-state index in [2.05, 4.69) is 0 Å². The minimum absolute atomic E-state index is 0.0168. The van der Waals surface area contributed by atoms with Crippen LogP contribution in [0.2, 0.25) is 0 Å². The molecule has 0 atom stereocenters. The fourth-order valence-electron chi connectivity index (χ4n) is 3.10. The maximum absolute atomic E-state index is 13.4. The van der Waals surface area contributed by atoms with Gasteiger partial charge in [-0.2, -0.15) is 0 Å². The van der Waals surface area contributed by atoms with Crippen LogP contribution in [0.4, 0.5) is 5.69 Å². The van der Waals surface area contributed by atoms with Gasteiger partial charge in [0.25, 0.3) is 10.0 Å². The minimum Gasteiger partial charge on any atom is -0.497 e. The Balaban J connectivity index is 1.78. The minimum atomic E-state index is -4.08. The molecular formula is C25H27NO5S.